The van der Waals surface area contributed by atoms with E-state index < -0.39 is 10.5 Å². The van der Waals surface area contributed by atoms with Crippen LogP contribution in [0.5, 0.6) is 0 Å². The van der Waals surface area contributed by atoms with Crippen molar-refractivity contribution in [2.45, 2.75) is 24.8 Å². The first-order valence-electron chi connectivity index (χ1n) is 8.53. The number of nitrogens with two attached hydrogens (primary N) is 1. The molecule has 0 spiro atoms. The Balaban J connectivity index is 2.03. The summed E-state index contributed by atoms with van der Waals surface area (Å²) in [5, 5.41) is 13.5. The van der Waals surface area contributed by atoms with Gasteiger partial charge in [0.1, 0.15) is 0 Å². The molecule has 0 bridgehead atoms. The largest absolute Gasteiger partial charge is 0.333 e. The van der Waals surface area contributed by atoms with Crippen LogP contribution in [0.1, 0.15) is 30.4 Å². The van der Waals surface area contributed by atoms with Crippen molar-refractivity contribution < 1.29 is 15.0 Å². The van der Waals surface area contributed by atoms with Gasteiger partial charge in [-0.15, -0.1) is 0 Å². The molecule has 3 rings (SSSR count). The molecule has 2 aromatic carbocycles. The third kappa shape index (κ3) is 3.28. The van der Waals surface area contributed by atoms with E-state index in [1.165, 1.54) is 12.1 Å². The Labute approximate surface area is 156 Å². The number of quaternary nitrogens is 1. The Hall–Kier alpha value is -2.50. The molecule has 26 heavy (non-hydrogen) atoms. The van der Waals surface area contributed by atoms with Crippen LogP contribution in [0.4, 0.5) is 5.69 Å². The zero-order chi connectivity index (χ0) is 18.7. The van der Waals surface area contributed by atoms with Gasteiger partial charge in [-0.25, -0.2) is 0 Å². The van der Waals surface area contributed by atoms with E-state index in [0.29, 0.717) is 29.0 Å². The SMILES string of the molecule is C[NH2+][C@]1(c2ccccc2Cl)CCC/C(=C\c2cccc([N+](=O)[O-])c2)C1=O. The van der Waals surface area contributed by atoms with Crippen LogP contribution in [-0.4, -0.2) is 17.8 Å². The number of rotatable bonds is 4. The smallest absolute Gasteiger partial charge is 0.270 e. The number of Topliss-reactive ketones (excluding diaryl/α,β-unsaturated/α-hetero) is 1. The van der Waals surface area contributed by atoms with Gasteiger partial charge in [0.15, 0.2) is 5.54 Å². The molecule has 1 fully saturated rings. The van der Waals surface area contributed by atoms with Crippen LogP contribution >= 0.6 is 11.6 Å². The summed E-state index contributed by atoms with van der Waals surface area (Å²) in [6.45, 7) is 0. The summed E-state index contributed by atoms with van der Waals surface area (Å²) in [5.74, 6) is 0.0193. The molecule has 1 aliphatic carbocycles. The van der Waals surface area contributed by atoms with Gasteiger partial charge in [-0.3, -0.25) is 14.9 Å². The lowest BCUT2D eigenvalue weighted by Gasteiger charge is -2.34. The maximum absolute atomic E-state index is 13.4. The predicted molar refractivity (Wildman–Crippen MR) is 101 cm³/mol. The lowest BCUT2D eigenvalue weighted by Crippen LogP contribution is -2.94. The first-order valence-corrected chi connectivity index (χ1v) is 8.91. The first-order chi connectivity index (χ1) is 12.5. The van der Waals surface area contributed by atoms with Crippen LogP contribution in [-0.2, 0) is 10.3 Å². The number of nitro groups is 1. The van der Waals surface area contributed by atoms with Gasteiger partial charge in [0.25, 0.3) is 5.69 Å². The van der Waals surface area contributed by atoms with Crippen LogP contribution in [0, 0.1) is 10.1 Å². The van der Waals surface area contributed by atoms with Gasteiger partial charge in [0, 0.05) is 29.7 Å². The van der Waals surface area contributed by atoms with Crippen LogP contribution in [0.2, 0.25) is 5.02 Å². The Morgan fingerprint density at radius 2 is 2.00 bits per heavy atom. The van der Waals surface area contributed by atoms with E-state index in [0.717, 1.165) is 12.0 Å². The molecule has 0 saturated heterocycles. The summed E-state index contributed by atoms with van der Waals surface area (Å²) in [6.07, 6.45) is 3.98. The third-order valence-electron chi connectivity index (χ3n) is 4.98. The summed E-state index contributed by atoms with van der Waals surface area (Å²) >= 11 is 6.39. The molecule has 0 amide bonds. The van der Waals surface area contributed by atoms with E-state index in [2.05, 4.69) is 0 Å². The maximum atomic E-state index is 13.4. The summed E-state index contributed by atoms with van der Waals surface area (Å²) in [4.78, 5) is 23.9. The Morgan fingerprint density at radius 1 is 1.23 bits per heavy atom. The Bertz CT molecular complexity index is 894. The molecular weight excluding hydrogens is 352 g/mol. The molecule has 5 nitrogen and oxygen atoms in total. The summed E-state index contributed by atoms with van der Waals surface area (Å²) in [5.41, 5.74) is 1.42. The molecule has 1 aliphatic rings. The minimum absolute atomic E-state index is 0.0158. The number of non-ortho nitro benzene ring substituents is 1. The van der Waals surface area contributed by atoms with Crippen LogP contribution in [0.3, 0.4) is 0 Å². The van der Waals surface area contributed by atoms with Crippen molar-refractivity contribution in [3.8, 4) is 0 Å². The molecule has 2 N–H and O–H groups in total. The van der Waals surface area contributed by atoms with Gasteiger partial charge >= 0.3 is 0 Å². The number of nitro benzene ring substituents is 1. The van der Waals surface area contributed by atoms with Crippen molar-refractivity contribution in [3.63, 3.8) is 0 Å². The fourth-order valence-corrected chi connectivity index (χ4v) is 3.95. The number of nitrogens with zero attached hydrogens (tertiary/aromatic N) is 1. The molecule has 0 radical (unpaired) electrons. The van der Waals surface area contributed by atoms with E-state index in [4.69, 9.17) is 11.6 Å². The lowest BCUT2D eigenvalue weighted by molar-refractivity contribution is -0.698. The summed E-state index contributed by atoms with van der Waals surface area (Å²) < 4.78 is 0. The number of hydrogen-bond acceptors (Lipinski definition) is 3. The van der Waals surface area contributed by atoms with Gasteiger partial charge in [-0.1, -0.05) is 41.9 Å². The highest BCUT2D eigenvalue weighted by Gasteiger charge is 2.47. The van der Waals surface area contributed by atoms with E-state index in [1.54, 1.807) is 24.3 Å². The van der Waals surface area contributed by atoms with E-state index in [-0.39, 0.29) is 11.5 Å². The highest BCUT2D eigenvalue weighted by molar-refractivity contribution is 6.32. The second kappa shape index (κ2) is 7.40. The van der Waals surface area contributed by atoms with E-state index in [9.17, 15) is 14.9 Å². The number of hydrogen-bond donors (Lipinski definition) is 1. The van der Waals surface area contributed by atoms with Gasteiger partial charge in [0.2, 0.25) is 5.78 Å². The van der Waals surface area contributed by atoms with Gasteiger partial charge < -0.3 is 5.32 Å². The summed E-state index contributed by atoms with van der Waals surface area (Å²) in [6, 6.07) is 13.8. The van der Waals surface area contributed by atoms with Crippen LogP contribution in [0.25, 0.3) is 6.08 Å². The average molecular weight is 372 g/mol. The standard InChI is InChI=1S/C20H19ClN2O3/c1-22-20(17-9-2-3-10-18(17)21)11-5-7-15(19(20)24)12-14-6-4-8-16(13-14)23(25)26/h2-4,6,8-10,12-13,22H,5,7,11H2,1H3/p+1/b15-12+/t20-/m0/s1. The molecule has 134 valence electrons. The maximum Gasteiger partial charge on any atom is 0.270 e. The fraction of sp³-hybridized carbons (Fsp3) is 0.250. The number of benzene rings is 2. The van der Waals surface area contributed by atoms with Crippen molar-refractivity contribution in [2.75, 3.05) is 7.05 Å². The quantitative estimate of drug-likeness (QED) is 0.508. The molecule has 0 heterocycles. The van der Waals surface area contributed by atoms with Crippen LogP contribution in [0.15, 0.2) is 54.1 Å². The van der Waals surface area contributed by atoms with Gasteiger partial charge in [0.05, 0.1) is 17.0 Å². The van der Waals surface area contributed by atoms with Gasteiger partial charge in [-0.05, 0) is 30.5 Å². The highest BCUT2D eigenvalue weighted by Crippen LogP contribution is 2.37. The molecule has 2 aromatic rings. The topological polar surface area (TPSA) is 76.8 Å². The number of likely N-dealkylation sites (N-methyl/N-ethyl adjacent to an activating group) is 1. The molecule has 1 saturated carbocycles. The van der Waals surface area contributed by atoms with Crippen molar-refractivity contribution in [1.29, 1.82) is 0 Å². The zero-order valence-corrected chi connectivity index (χ0v) is 15.2. The second-order valence-electron chi connectivity index (χ2n) is 6.44. The number of carbonyl (C=O) groups is 1. The monoisotopic (exact) mass is 371 g/mol. The van der Waals surface area contributed by atoms with Crippen molar-refractivity contribution >= 4 is 29.1 Å². The molecule has 0 aliphatic heterocycles. The molecule has 0 unspecified atom stereocenters. The minimum atomic E-state index is -0.747. The Morgan fingerprint density at radius 3 is 2.69 bits per heavy atom. The van der Waals surface area contributed by atoms with E-state index >= 15 is 0 Å². The van der Waals surface area contributed by atoms with Crippen molar-refractivity contribution in [2.24, 2.45) is 0 Å². The molecule has 1 atom stereocenters. The zero-order valence-electron chi connectivity index (χ0n) is 14.4. The highest BCUT2D eigenvalue weighted by atomic mass is 35.5. The first kappa shape index (κ1) is 18.3. The third-order valence-corrected chi connectivity index (χ3v) is 5.31. The fourth-order valence-electron chi connectivity index (χ4n) is 3.65. The normalized spacial score (nSPS) is 21.8. The van der Waals surface area contributed by atoms with Crippen LogP contribution < -0.4 is 5.32 Å². The van der Waals surface area contributed by atoms with E-state index in [1.807, 2.05) is 30.6 Å². The van der Waals surface area contributed by atoms with Gasteiger partial charge in [-0.2, -0.15) is 0 Å². The average Bonchev–Trinajstić information content (AvgIpc) is 2.64. The lowest BCUT2D eigenvalue weighted by atomic mass is 9.73. The Kier molecular flexibility index (Phi) is 5.20. The number of halogens is 1. The summed E-state index contributed by atoms with van der Waals surface area (Å²) in [7, 11) is 1.89. The van der Waals surface area contributed by atoms with Crippen molar-refractivity contribution in [1.82, 2.24) is 0 Å². The number of ketones is 1. The molecule has 0 aromatic heterocycles. The number of carbonyl (C=O) groups excluding carboxylic acids is 1. The predicted octanol–water partition coefficient (Wildman–Crippen LogP) is 3.47. The molecular formula is C20H20ClN2O3+. The minimum Gasteiger partial charge on any atom is -0.333 e. The second-order valence-corrected chi connectivity index (χ2v) is 6.85. The van der Waals surface area contributed by atoms with Crippen molar-refractivity contribution in [3.05, 3.63) is 80.4 Å². The molecule has 6 heteroatoms.